The number of fused-ring (bicyclic) bond motifs is 1. The molecule has 26 heavy (non-hydrogen) atoms. The molecule has 4 aromatic rings. The number of hydrogen-bond donors (Lipinski definition) is 0. The molecule has 2 aromatic carbocycles. The molecule has 4 rings (SSSR count). The number of rotatable bonds is 3. The van der Waals surface area contributed by atoms with Crippen molar-refractivity contribution in [1.82, 2.24) is 0 Å². The fraction of sp³-hybridized carbons (Fsp3) is 0. The van der Waals surface area contributed by atoms with Gasteiger partial charge in [0.05, 0.1) is 17.2 Å². The summed E-state index contributed by atoms with van der Waals surface area (Å²) < 4.78 is 29.4. The lowest BCUT2D eigenvalue weighted by molar-refractivity contribution is 0.0731. The first-order chi connectivity index (χ1) is 12.6. The van der Waals surface area contributed by atoms with E-state index in [0.717, 1.165) is 12.1 Å². The van der Waals surface area contributed by atoms with Gasteiger partial charge in [0, 0.05) is 0 Å². The number of hydrogen-bond acceptors (Lipinski definition) is 5. The molecule has 0 aliphatic carbocycles. The van der Waals surface area contributed by atoms with Crippen molar-refractivity contribution in [2.75, 3.05) is 0 Å². The van der Waals surface area contributed by atoms with Crippen LogP contribution in [-0.2, 0) is 0 Å². The van der Waals surface area contributed by atoms with Gasteiger partial charge in [-0.2, -0.15) is 0 Å². The summed E-state index contributed by atoms with van der Waals surface area (Å²) in [7, 11) is 0. The maximum absolute atomic E-state index is 13.0. The molecule has 0 aliphatic rings. The summed E-state index contributed by atoms with van der Waals surface area (Å²) in [6.07, 6.45) is 1.41. The van der Waals surface area contributed by atoms with E-state index in [1.165, 1.54) is 18.4 Å². The van der Waals surface area contributed by atoms with Crippen molar-refractivity contribution in [3.8, 4) is 17.3 Å². The van der Waals surface area contributed by atoms with Crippen LogP contribution in [-0.4, -0.2) is 5.97 Å². The van der Waals surface area contributed by atoms with Gasteiger partial charge < -0.3 is 13.6 Å². The molecule has 2 aromatic heterocycles. The second-order valence-electron chi connectivity index (χ2n) is 5.46. The zero-order valence-electron chi connectivity index (χ0n) is 13.3. The summed E-state index contributed by atoms with van der Waals surface area (Å²) in [5.41, 5.74) is -0.0662. The molecule has 128 valence electrons. The van der Waals surface area contributed by atoms with E-state index in [4.69, 9.17) is 13.6 Å². The van der Waals surface area contributed by atoms with Crippen molar-refractivity contribution in [3.05, 3.63) is 88.5 Å². The van der Waals surface area contributed by atoms with Crippen molar-refractivity contribution in [3.63, 3.8) is 0 Å². The van der Waals surface area contributed by atoms with Crippen LogP contribution in [0.15, 0.2) is 80.6 Å². The van der Waals surface area contributed by atoms with E-state index in [1.807, 2.05) is 0 Å². The van der Waals surface area contributed by atoms with Gasteiger partial charge in [0.25, 0.3) is 0 Å². The van der Waals surface area contributed by atoms with Crippen LogP contribution in [0.1, 0.15) is 10.4 Å². The molecule has 0 fully saturated rings. The fourth-order valence-electron chi connectivity index (χ4n) is 2.53. The molecule has 0 N–H and O–H groups in total. The lowest BCUT2D eigenvalue weighted by Gasteiger charge is -2.09. The standard InChI is InChI=1S/C20H11FO5/c21-13-9-7-12(8-10-13)20(23)26-19-17(22)14-4-1-2-5-15(14)25-18(19)16-6-3-11-24-16/h1-11H. The van der Waals surface area contributed by atoms with Gasteiger partial charge in [-0.15, -0.1) is 0 Å². The Morgan fingerprint density at radius 2 is 1.73 bits per heavy atom. The van der Waals surface area contributed by atoms with Crippen LogP contribution in [0.4, 0.5) is 4.39 Å². The average molecular weight is 350 g/mol. The Bertz CT molecular complexity index is 1140. The van der Waals surface area contributed by atoms with E-state index in [-0.39, 0.29) is 28.2 Å². The highest BCUT2D eigenvalue weighted by molar-refractivity contribution is 5.92. The molecule has 0 amide bonds. The summed E-state index contributed by atoms with van der Waals surface area (Å²) >= 11 is 0. The number of benzene rings is 2. The first-order valence-electron chi connectivity index (χ1n) is 7.71. The molecule has 0 aliphatic heterocycles. The molecule has 0 saturated carbocycles. The third-order valence-electron chi connectivity index (χ3n) is 3.78. The Morgan fingerprint density at radius 1 is 0.962 bits per heavy atom. The third kappa shape index (κ3) is 2.77. The van der Waals surface area contributed by atoms with Crippen molar-refractivity contribution < 1.29 is 22.8 Å². The number of halogens is 1. The number of carbonyl (C=O) groups is 1. The molecular weight excluding hydrogens is 339 g/mol. The van der Waals surface area contributed by atoms with Crippen molar-refractivity contribution in [2.45, 2.75) is 0 Å². The van der Waals surface area contributed by atoms with Gasteiger partial charge in [0.15, 0.2) is 5.76 Å². The Kier molecular flexibility index (Phi) is 3.85. The number of esters is 1. The second-order valence-corrected chi connectivity index (χ2v) is 5.46. The number of ether oxygens (including phenoxy) is 1. The molecule has 6 heteroatoms. The lowest BCUT2D eigenvalue weighted by Crippen LogP contribution is -2.16. The van der Waals surface area contributed by atoms with Crippen LogP contribution in [0.3, 0.4) is 0 Å². The zero-order chi connectivity index (χ0) is 18.1. The largest absolute Gasteiger partial charge is 0.461 e. The van der Waals surface area contributed by atoms with Crippen LogP contribution in [0.25, 0.3) is 22.5 Å². The number of carbonyl (C=O) groups excluding carboxylic acids is 1. The van der Waals surface area contributed by atoms with Crippen molar-refractivity contribution in [2.24, 2.45) is 0 Å². The molecule has 0 bridgehead atoms. The summed E-state index contributed by atoms with van der Waals surface area (Å²) in [6, 6.07) is 14.6. The minimum atomic E-state index is -0.805. The lowest BCUT2D eigenvalue weighted by atomic mass is 10.2. The van der Waals surface area contributed by atoms with Gasteiger partial charge >= 0.3 is 5.97 Å². The minimum Gasteiger partial charge on any atom is -0.461 e. The monoisotopic (exact) mass is 350 g/mol. The Hall–Kier alpha value is -3.67. The Balaban J connectivity index is 1.86. The summed E-state index contributed by atoms with van der Waals surface area (Å²) in [5, 5.41) is 0.268. The molecule has 5 nitrogen and oxygen atoms in total. The Labute approximate surface area is 146 Å². The smallest absolute Gasteiger partial charge is 0.343 e. The van der Waals surface area contributed by atoms with E-state index >= 15 is 0 Å². The van der Waals surface area contributed by atoms with Gasteiger partial charge in [-0.3, -0.25) is 4.79 Å². The van der Waals surface area contributed by atoms with E-state index in [0.29, 0.717) is 5.58 Å². The molecule has 0 spiro atoms. The number of para-hydroxylation sites is 1. The van der Waals surface area contributed by atoms with E-state index in [1.54, 1.807) is 36.4 Å². The Morgan fingerprint density at radius 3 is 2.46 bits per heavy atom. The SMILES string of the molecule is O=C(Oc1c(-c2ccco2)oc2ccccc2c1=O)c1ccc(F)cc1. The quantitative estimate of drug-likeness (QED) is 0.512. The highest BCUT2D eigenvalue weighted by Gasteiger charge is 2.22. The normalized spacial score (nSPS) is 10.8. The summed E-state index contributed by atoms with van der Waals surface area (Å²) in [6.45, 7) is 0. The van der Waals surface area contributed by atoms with Crippen LogP contribution in [0.2, 0.25) is 0 Å². The molecule has 0 atom stereocenters. The first kappa shape index (κ1) is 15.8. The number of furan rings is 1. The molecular formula is C20H11FO5. The molecule has 0 unspecified atom stereocenters. The van der Waals surface area contributed by atoms with Crippen LogP contribution in [0, 0.1) is 5.82 Å². The van der Waals surface area contributed by atoms with E-state index in [9.17, 15) is 14.0 Å². The highest BCUT2D eigenvalue weighted by Crippen LogP contribution is 2.31. The minimum absolute atomic E-state index is 0.00848. The predicted molar refractivity (Wildman–Crippen MR) is 91.5 cm³/mol. The van der Waals surface area contributed by atoms with Gasteiger partial charge in [-0.1, -0.05) is 12.1 Å². The summed E-state index contributed by atoms with van der Waals surface area (Å²) in [4.78, 5) is 25.2. The van der Waals surface area contributed by atoms with E-state index in [2.05, 4.69) is 0 Å². The maximum Gasteiger partial charge on any atom is 0.343 e. The van der Waals surface area contributed by atoms with Gasteiger partial charge in [-0.25, -0.2) is 9.18 Å². The van der Waals surface area contributed by atoms with Crippen molar-refractivity contribution in [1.29, 1.82) is 0 Å². The highest BCUT2D eigenvalue weighted by atomic mass is 19.1. The van der Waals surface area contributed by atoms with Gasteiger partial charge in [0.2, 0.25) is 16.9 Å². The predicted octanol–water partition coefficient (Wildman–Crippen LogP) is 4.41. The van der Waals surface area contributed by atoms with Gasteiger partial charge in [0.1, 0.15) is 11.4 Å². The molecule has 0 radical (unpaired) electrons. The summed E-state index contributed by atoms with van der Waals surface area (Å²) in [5.74, 6) is -1.32. The van der Waals surface area contributed by atoms with Crippen LogP contribution < -0.4 is 10.2 Å². The maximum atomic E-state index is 13.0. The van der Waals surface area contributed by atoms with Gasteiger partial charge in [-0.05, 0) is 48.5 Å². The zero-order valence-corrected chi connectivity index (χ0v) is 13.3. The average Bonchev–Trinajstić information content (AvgIpc) is 3.19. The molecule has 0 saturated heterocycles. The van der Waals surface area contributed by atoms with Crippen LogP contribution in [0.5, 0.6) is 5.75 Å². The van der Waals surface area contributed by atoms with Crippen molar-refractivity contribution >= 4 is 16.9 Å². The molecule has 2 heterocycles. The topological polar surface area (TPSA) is 69.7 Å². The van der Waals surface area contributed by atoms with Crippen LogP contribution >= 0.6 is 0 Å². The van der Waals surface area contributed by atoms with E-state index < -0.39 is 17.2 Å². The fourth-order valence-corrected chi connectivity index (χ4v) is 2.53. The first-order valence-corrected chi connectivity index (χ1v) is 7.71. The third-order valence-corrected chi connectivity index (χ3v) is 3.78. The second kappa shape index (κ2) is 6.33.